The highest BCUT2D eigenvalue weighted by molar-refractivity contribution is 6.30. The first kappa shape index (κ1) is 23.3. The number of fused-ring (bicyclic) bond motifs is 1. The lowest BCUT2D eigenvalue weighted by molar-refractivity contribution is -0.131. The van der Waals surface area contributed by atoms with E-state index in [2.05, 4.69) is 15.1 Å². The van der Waals surface area contributed by atoms with Crippen molar-refractivity contribution in [2.75, 3.05) is 13.1 Å². The summed E-state index contributed by atoms with van der Waals surface area (Å²) in [5, 5.41) is 16.9. The van der Waals surface area contributed by atoms with Gasteiger partial charge in [0.25, 0.3) is 5.79 Å². The molecule has 8 nitrogen and oxygen atoms in total. The summed E-state index contributed by atoms with van der Waals surface area (Å²) < 4.78 is 32.5. The fraction of sp³-hybridized carbons (Fsp3) is 0.320. The number of carboxylic acids is 1. The fourth-order valence-corrected chi connectivity index (χ4v) is 4.73. The fourth-order valence-electron chi connectivity index (χ4n) is 4.57. The predicted octanol–water partition coefficient (Wildman–Crippen LogP) is 4.98. The molecule has 1 N–H and O–H groups in total. The molecule has 3 aromatic rings. The second-order valence-electron chi connectivity index (χ2n) is 8.70. The van der Waals surface area contributed by atoms with Crippen LogP contribution in [0.1, 0.15) is 48.6 Å². The number of carboxylic acid groups (broad SMARTS) is 1. The number of piperidine rings is 1. The van der Waals surface area contributed by atoms with Crippen LogP contribution in [0, 0.1) is 5.82 Å². The summed E-state index contributed by atoms with van der Waals surface area (Å²) in [6.07, 6.45) is 3.99. The monoisotopic (exact) mass is 499 g/mol. The van der Waals surface area contributed by atoms with E-state index in [0.29, 0.717) is 29.0 Å². The van der Waals surface area contributed by atoms with Gasteiger partial charge in [0, 0.05) is 29.7 Å². The minimum atomic E-state index is -1.28. The lowest BCUT2D eigenvalue weighted by Gasteiger charge is -2.31. The molecule has 0 radical (unpaired) electrons. The van der Waals surface area contributed by atoms with Gasteiger partial charge in [0.05, 0.1) is 12.1 Å². The van der Waals surface area contributed by atoms with Gasteiger partial charge in [-0.1, -0.05) is 23.7 Å². The Bertz CT molecular complexity index is 1290. The quantitative estimate of drug-likeness (QED) is 0.474. The van der Waals surface area contributed by atoms with Gasteiger partial charge in [-0.25, -0.2) is 9.18 Å². The molecule has 0 spiro atoms. The Morgan fingerprint density at radius 2 is 2.06 bits per heavy atom. The normalized spacial score (nSPS) is 20.5. The van der Waals surface area contributed by atoms with Crippen LogP contribution in [-0.4, -0.2) is 39.3 Å². The number of hydrogen-bond donors (Lipinski definition) is 1. The zero-order chi connectivity index (χ0) is 24.6. The topological polar surface area (TPSA) is 97.9 Å². The van der Waals surface area contributed by atoms with Gasteiger partial charge < -0.3 is 19.0 Å². The number of aliphatic carboxylic acids is 1. The van der Waals surface area contributed by atoms with Crippen LogP contribution in [0.4, 0.5) is 4.39 Å². The van der Waals surface area contributed by atoms with Gasteiger partial charge >= 0.3 is 5.97 Å². The zero-order valence-corrected chi connectivity index (χ0v) is 19.7. The summed E-state index contributed by atoms with van der Waals surface area (Å²) in [5.41, 5.74) is 1.33. The molecular formula is C25H23ClFN3O5. The van der Waals surface area contributed by atoms with Crippen LogP contribution >= 0.6 is 11.6 Å². The second kappa shape index (κ2) is 9.31. The summed E-state index contributed by atoms with van der Waals surface area (Å²) in [5.74, 6) is -0.750. The lowest BCUT2D eigenvalue weighted by atomic mass is 9.88. The lowest BCUT2D eigenvalue weighted by Crippen LogP contribution is -2.33. The maximum absolute atomic E-state index is 14.6. The molecule has 182 valence electrons. The molecule has 0 aliphatic carbocycles. The number of ether oxygens (including phenoxy) is 2. The first-order valence-electron chi connectivity index (χ1n) is 11.2. The highest BCUT2D eigenvalue weighted by atomic mass is 35.5. The van der Waals surface area contributed by atoms with Gasteiger partial charge in [-0.15, -0.1) is 10.2 Å². The Balaban J connectivity index is 1.25. The number of carbonyl (C=O) groups is 1. The zero-order valence-electron chi connectivity index (χ0n) is 18.9. The highest BCUT2D eigenvalue weighted by Crippen LogP contribution is 2.49. The van der Waals surface area contributed by atoms with E-state index in [1.807, 2.05) is 18.2 Å². The molecule has 2 aliphatic heterocycles. The van der Waals surface area contributed by atoms with E-state index < -0.39 is 17.6 Å². The standard InChI is InChI=1S/C25H23ClFN3O5/c1-25(18-6-5-16(26)13-19(18)27)34-20-4-2-3-17(24(20)35-25)15-9-11-30(12-10-15)14-22-29-28-21(33-22)7-8-23(31)32/h2-8,13,15H,9-12,14H2,1H3,(H,31,32)/b8-7+. The molecule has 1 saturated heterocycles. The van der Waals surface area contributed by atoms with Gasteiger partial charge in [-0.05, 0) is 56.1 Å². The van der Waals surface area contributed by atoms with Crippen LogP contribution in [0.5, 0.6) is 11.5 Å². The van der Waals surface area contributed by atoms with E-state index >= 15 is 0 Å². The number of aromatic nitrogens is 2. The van der Waals surface area contributed by atoms with E-state index in [4.69, 9.17) is 30.6 Å². The van der Waals surface area contributed by atoms with Crippen LogP contribution in [0.3, 0.4) is 0 Å². The van der Waals surface area contributed by atoms with E-state index in [9.17, 15) is 9.18 Å². The molecule has 10 heteroatoms. The van der Waals surface area contributed by atoms with Crippen molar-refractivity contribution >= 4 is 23.6 Å². The molecule has 3 heterocycles. The Labute approximate surface area is 205 Å². The predicted molar refractivity (Wildman–Crippen MR) is 125 cm³/mol. The molecule has 0 saturated carbocycles. The summed E-state index contributed by atoms with van der Waals surface area (Å²) >= 11 is 5.91. The van der Waals surface area contributed by atoms with Gasteiger partial charge in [0.1, 0.15) is 5.82 Å². The average molecular weight is 500 g/mol. The molecule has 1 unspecified atom stereocenters. The summed E-state index contributed by atoms with van der Waals surface area (Å²) in [7, 11) is 0. The number of nitrogens with zero attached hydrogens (tertiary/aromatic N) is 3. The molecule has 0 amide bonds. The Hall–Kier alpha value is -3.43. The van der Waals surface area contributed by atoms with Crippen LogP contribution in [-0.2, 0) is 17.1 Å². The maximum atomic E-state index is 14.6. The van der Waals surface area contributed by atoms with E-state index in [1.54, 1.807) is 19.1 Å². The van der Waals surface area contributed by atoms with Crippen molar-refractivity contribution in [3.05, 3.63) is 76.2 Å². The molecule has 2 aliphatic rings. The van der Waals surface area contributed by atoms with Crippen LogP contribution < -0.4 is 9.47 Å². The SMILES string of the molecule is CC1(c2ccc(Cl)cc2F)Oc2cccc(C3CCN(Cc4nnc(/C=C/C(=O)O)o4)CC3)c2O1. The van der Waals surface area contributed by atoms with Crippen molar-refractivity contribution in [3.63, 3.8) is 0 Å². The molecule has 1 aromatic heterocycles. The third-order valence-corrected chi connectivity index (χ3v) is 6.50. The van der Waals surface area contributed by atoms with Crippen molar-refractivity contribution in [1.29, 1.82) is 0 Å². The number of para-hydroxylation sites is 1. The third kappa shape index (κ3) is 4.87. The largest absolute Gasteiger partial charge is 0.478 e. The van der Waals surface area contributed by atoms with Crippen molar-refractivity contribution in [1.82, 2.24) is 15.1 Å². The summed E-state index contributed by atoms with van der Waals surface area (Å²) in [4.78, 5) is 12.8. The number of halogens is 2. The summed E-state index contributed by atoms with van der Waals surface area (Å²) in [6.45, 7) is 3.80. The molecule has 2 aromatic carbocycles. The van der Waals surface area contributed by atoms with Gasteiger partial charge in [0.15, 0.2) is 11.5 Å². The molecule has 5 rings (SSSR count). The Kier molecular flexibility index (Phi) is 6.21. The molecular weight excluding hydrogens is 477 g/mol. The minimum absolute atomic E-state index is 0.162. The minimum Gasteiger partial charge on any atom is -0.478 e. The molecule has 0 bridgehead atoms. The van der Waals surface area contributed by atoms with Gasteiger partial charge in [0.2, 0.25) is 11.8 Å². The summed E-state index contributed by atoms with van der Waals surface area (Å²) in [6, 6.07) is 10.3. The molecule has 35 heavy (non-hydrogen) atoms. The first-order valence-corrected chi connectivity index (χ1v) is 11.6. The average Bonchev–Trinajstić information content (AvgIpc) is 3.41. The molecule has 1 atom stereocenters. The van der Waals surface area contributed by atoms with Crippen molar-refractivity contribution in [3.8, 4) is 11.5 Å². The van der Waals surface area contributed by atoms with Gasteiger partial charge in [-0.2, -0.15) is 0 Å². The van der Waals surface area contributed by atoms with Crippen LogP contribution in [0.25, 0.3) is 6.08 Å². The molecule has 1 fully saturated rings. The first-order chi connectivity index (χ1) is 16.8. The number of rotatable bonds is 6. The second-order valence-corrected chi connectivity index (χ2v) is 9.14. The van der Waals surface area contributed by atoms with Crippen molar-refractivity contribution in [2.24, 2.45) is 0 Å². The van der Waals surface area contributed by atoms with E-state index in [-0.39, 0.29) is 17.4 Å². The van der Waals surface area contributed by atoms with Gasteiger partial charge in [-0.3, -0.25) is 4.90 Å². The van der Waals surface area contributed by atoms with Crippen molar-refractivity contribution < 1.29 is 28.2 Å². The number of likely N-dealkylation sites (tertiary alicyclic amines) is 1. The van der Waals surface area contributed by atoms with E-state index in [0.717, 1.165) is 37.6 Å². The Morgan fingerprint density at radius 1 is 1.26 bits per heavy atom. The third-order valence-electron chi connectivity index (χ3n) is 6.27. The van der Waals surface area contributed by atoms with Crippen LogP contribution in [0.15, 0.2) is 46.9 Å². The highest BCUT2D eigenvalue weighted by Gasteiger charge is 2.42. The van der Waals surface area contributed by atoms with Crippen LogP contribution in [0.2, 0.25) is 5.02 Å². The van der Waals surface area contributed by atoms with E-state index in [1.165, 1.54) is 12.1 Å². The maximum Gasteiger partial charge on any atom is 0.328 e. The Morgan fingerprint density at radius 3 is 2.80 bits per heavy atom. The van der Waals surface area contributed by atoms with Crippen molar-refractivity contribution in [2.45, 2.75) is 38.0 Å². The number of hydrogen-bond acceptors (Lipinski definition) is 7. The number of benzene rings is 2. The smallest absolute Gasteiger partial charge is 0.328 e.